The van der Waals surface area contributed by atoms with Crippen molar-refractivity contribution in [3.05, 3.63) is 29.3 Å². The van der Waals surface area contributed by atoms with Gasteiger partial charge in [-0.15, -0.1) is 0 Å². The first-order chi connectivity index (χ1) is 8.01. The maximum Gasteiger partial charge on any atom is 0.118 e. The minimum atomic E-state index is 0.202. The van der Waals surface area contributed by atoms with Crippen molar-refractivity contribution in [3.8, 4) is 5.75 Å². The molecule has 0 radical (unpaired) electrons. The molecule has 0 atom stereocenters. The summed E-state index contributed by atoms with van der Waals surface area (Å²) in [6.07, 6.45) is 5.74. The van der Waals surface area contributed by atoms with Gasteiger partial charge < -0.3 is 5.11 Å². The topological polar surface area (TPSA) is 20.2 Å². The van der Waals surface area contributed by atoms with Crippen molar-refractivity contribution in [1.82, 2.24) is 0 Å². The first-order valence-corrected chi connectivity index (χ1v) is 6.83. The fourth-order valence-electron chi connectivity index (χ4n) is 1.98. The second-order valence-corrected chi connectivity index (χ2v) is 5.54. The maximum absolute atomic E-state index is 9.87. The van der Waals surface area contributed by atoms with Gasteiger partial charge in [-0.25, -0.2) is 0 Å². The summed E-state index contributed by atoms with van der Waals surface area (Å²) in [5, 5.41) is 9.87. The van der Waals surface area contributed by atoms with Crippen LogP contribution in [0.5, 0.6) is 5.75 Å². The van der Waals surface area contributed by atoms with Crippen molar-refractivity contribution in [2.24, 2.45) is 0 Å². The van der Waals surface area contributed by atoms with Gasteiger partial charge in [0.1, 0.15) is 5.75 Å². The number of hydrogen-bond donors (Lipinski definition) is 1. The Morgan fingerprint density at radius 3 is 2.41 bits per heavy atom. The number of phenolic OH excluding ortho intramolecular Hbond substituents is 1. The van der Waals surface area contributed by atoms with Gasteiger partial charge in [0.2, 0.25) is 0 Å². The molecule has 1 aromatic rings. The molecule has 0 heterocycles. The fourth-order valence-corrected chi connectivity index (χ4v) is 1.98. The molecule has 0 bridgehead atoms. The summed E-state index contributed by atoms with van der Waals surface area (Å²) in [5.41, 5.74) is 2.65. The average molecular weight is 234 g/mol. The van der Waals surface area contributed by atoms with E-state index in [9.17, 15) is 5.11 Å². The van der Waals surface area contributed by atoms with Crippen LogP contribution < -0.4 is 0 Å². The zero-order chi connectivity index (χ0) is 12.9. The van der Waals surface area contributed by atoms with E-state index < -0.39 is 0 Å². The quantitative estimate of drug-likeness (QED) is 0.700. The molecule has 1 N–H and O–H groups in total. The lowest BCUT2D eigenvalue weighted by Gasteiger charge is -2.24. The van der Waals surface area contributed by atoms with Crippen LogP contribution in [0.15, 0.2) is 18.2 Å². The Labute approximate surface area is 106 Å². The van der Waals surface area contributed by atoms with Crippen LogP contribution in [-0.4, -0.2) is 5.11 Å². The summed E-state index contributed by atoms with van der Waals surface area (Å²) in [7, 11) is 0. The van der Waals surface area contributed by atoms with Crippen molar-refractivity contribution in [2.45, 2.75) is 65.2 Å². The second kappa shape index (κ2) is 6.09. The number of unbranched alkanes of at least 4 members (excludes halogenated alkanes) is 2. The van der Waals surface area contributed by atoms with Crippen molar-refractivity contribution in [1.29, 1.82) is 0 Å². The summed E-state index contributed by atoms with van der Waals surface area (Å²) in [4.78, 5) is 0. The highest BCUT2D eigenvalue weighted by Crippen LogP contribution is 2.30. The molecular weight excluding hydrogens is 208 g/mol. The molecule has 0 aliphatic heterocycles. The minimum Gasteiger partial charge on any atom is -0.508 e. The molecular formula is C16H26O. The normalized spacial score (nSPS) is 11.8. The van der Waals surface area contributed by atoms with E-state index in [1.807, 2.05) is 6.07 Å². The third-order valence-electron chi connectivity index (χ3n) is 3.79. The minimum absolute atomic E-state index is 0.202. The Hall–Kier alpha value is -0.980. The molecule has 0 fully saturated rings. The van der Waals surface area contributed by atoms with E-state index in [1.54, 1.807) is 0 Å². The number of aryl methyl sites for hydroxylation is 1. The molecule has 0 aliphatic rings. The van der Waals surface area contributed by atoms with E-state index >= 15 is 0 Å². The molecule has 1 heteroatoms. The average Bonchev–Trinajstić information content (AvgIpc) is 2.31. The number of hydrogen-bond acceptors (Lipinski definition) is 1. The molecule has 0 saturated heterocycles. The molecule has 0 amide bonds. The predicted molar refractivity (Wildman–Crippen MR) is 74.7 cm³/mol. The Morgan fingerprint density at radius 2 is 1.82 bits per heavy atom. The zero-order valence-electron chi connectivity index (χ0n) is 11.7. The third kappa shape index (κ3) is 3.76. The van der Waals surface area contributed by atoms with E-state index in [1.165, 1.54) is 24.8 Å². The maximum atomic E-state index is 9.87. The van der Waals surface area contributed by atoms with Crippen LogP contribution in [0, 0.1) is 0 Å². The SMILES string of the molecule is CCCCCc1cc(C(C)(C)CC)ccc1O. The molecule has 0 spiro atoms. The van der Waals surface area contributed by atoms with E-state index in [-0.39, 0.29) is 5.41 Å². The van der Waals surface area contributed by atoms with Crippen molar-refractivity contribution < 1.29 is 5.11 Å². The number of aromatic hydroxyl groups is 1. The highest BCUT2D eigenvalue weighted by molar-refractivity contribution is 5.39. The first kappa shape index (κ1) is 14.1. The van der Waals surface area contributed by atoms with Gasteiger partial charge in [-0.1, -0.05) is 52.7 Å². The largest absolute Gasteiger partial charge is 0.508 e. The molecule has 1 aromatic carbocycles. The summed E-state index contributed by atoms with van der Waals surface area (Å²) in [6.45, 7) is 8.94. The van der Waals surface area contributed by atoms with Crippen LogP contribution in [0.4, 0.5) is 0 Å². The highest BCUT2D eigenvalue weighted by Gasteiger charge is 2.18. The molecule has 96 valence electrons. The molecule has 1 rings (SSSR count). The van der Waals surface area contributed by atoms with Crippen LogP contribution in [0.25, 0.3) is 0 Å². The van der Waals surface area contributed by atoms with Crippen molar-refractivity contribution in [3.63, 3.8) is 0 Å². The molecule has 0 aromatic heterocycles. The number of phenols is 1. The van der Waals surface area contributed by atoms with Crippen LogP contribution >= 0.6 is 0 Å². The first-order valence-electron chi connectivity index (χ1n) is 6.83. The van der Waals surface area contributed by atoms with Crippen molar-refractivity contribution in [2.75, 3.05) is 0 Å². The van der Waals surface area contributed by atoms with Gasteiger partial charge in [-0.3, -0.25) is 0 Å². The Morgan fingerprint density at radius 1 is 1.12 bits per heavy atom. The summed E-state index contributed by atoms with van der Waals surface area (Å²) >= 11 is 0. The van der Waals surface area contributed by atoms with Gasteiger partial charge >= 0.3 is 0 Å². The van der Waals surface area contributed by atoms with Gasteiger partial charge in [-0.05, 0) is 41.9 Å². The lowest BCUT2D eigenvalue weighted by molar-refractivity contribution is 0.462. The lowest BCUT2D eigenvalue weighted by Crippen LogP contribution is -2.15. The summed E-state index contributed by atoms with van der Waals surface area (Å²) in [6, 6.07) is 6.10. The predicted octanol–water partition coefficient (Wildman–Crippen LogP) is 4.81. The van der Waals surface area contributed by atoms with E-state index in [0.717, 1.165) is 18.4 Å². The van der Waals surface area contributed by atoms with E-state index in [4.69, 9.17) is 0 Å². The Balaban J connectivity index is 2.86. The smallest absolute Gasteiger partial charge is 0.118 e. The zero-order valence-corrected chi connectivity index (χ0v) is 11.7. The van der Waals surface area contributed by atoms with Crippen LogP contribution in [0.2, 0.25) is 0 Å². The standard InChI is InChI=1S/C16H26O/c1-5-7-8-9-13-12-14(10-11-15(13)17)16(3,4)6-2/h10-12,17H,5-9H2,1-4H3. The van der Waals surface area contributed by atoms with Gasteiger partial charge in [0, 0.05) is 0 Å². The number of rotatable bonds is 6. The second-order valence-electron chi connectivity index (χ2n) is 5.54. The molecule has 0 saturated carbocycles. The number of benzene rings is 1. The highest BCUT2D eigenvalue weighted by atomic mass is 16.3. The third-order valence-corrected chi connectivity index (χ3v) is 3.79. The molecule has 1 nitrogen and oxygen atoms in total. The van der Waals surface area contributed by atoms with Crippen LogP contribution in [0.3, 0.4) is 0 Å². The fraction of sp³-hybridized carbons (Fsp3) is 0.625. The Kier molecular flexibility index (Phi) is 5.04. The van der Waals surface area contributed by atoms with Gasteiger partial charge in [0.05, 0.1) is 0 Å². The monoisotopic (exact) mass is 234 g/mol. The van der Waals surface area contributed by atoms with Crippen molar-refractivity contribution >= 4 is 0 Å². The van der Waals surface area contributed by atoms with Gasteiger partial charge in [0.25, 0.3) is 0 Å². The van der Waals surface area contributed by atoms with Crippen LogP contribution in [-0.2, 0) is 11.8 Å². The molecule has 0 unspecified atom stereocenters. The molecule has 17 heavy (non-hydrogen) atoms. The van der Waals surface area contributed by atoms with E-state index in [0.29, 0.717) is 5.75 Å². The summed E-state index contributed by atoms with van der Waals surface area (Å²) < 4.78 is 0. The lowest BCUT2D eigenvalue weighted by atomic mass is 9.81. The molecule has 0 aliphatic carbocycles. The Bertz CT molecular complexity index is 353. The van der Waals surface area contributed by atoms with Gasteiger partial charge in [0.15, 0.2) is 0 Å². The van der Waals surface area contributed by atoms with Crippen LogP contribution in [0.1, 0.15) is 64.5 Å². The summed E-state index contributed by atoms with van der Waals surface area (Å²) in [5.74, 6) is 0.455. The van der Waals surface area contributed by atoms with Gasteiger partial charge in [-0.2, -0.15) is 0 Å². The van der Waals surface area contributed by atoms with E-state index in [2.05, 4.69) is 39.8 Å².